The van der Waals surface area contributed by atoms with E-state index in [0.29, 0.717) is 17.3 Å². The molecule has 0 saturated carbocycles. The molecule has 3 rings (SSSR count). The molecule has 7 nitrogen and oxygen atoms in total. The van der Waals surface area contributed by atoms with Crippen LogP contribution in [0.25, 0.3) is 0 Å². The van der Waals surface area contributed by atoms with E-state index in [1.54, 1.807) is 24.3 Å². The SMILES string of the molecule is CCCNC(=O)[C@@H](C)OC(=O)c1ccc2c(c1)C(=O)N(c1ccc(Cl)cc1)C2=O. The average Bonchev–Trinajstić information content (AvgIpc) is 2.96. The zero-order valence-corrected chi connectivity index (χ0v) is 16.7. The number of fused-ring (bicyclic) bond motifs is 1. The highest BCUT2D eigenvalue weighted by Gasteiger charge is 2.37. The van der Waals surface area contributed by atoms with Crippen LogP contribution in [0.4, 0.5) is 5.69 Å². The fraction of sp³-hybridized carbons (Fsp3) is 0.238. The van der Waals surface area contributed by atoms with E-state index in [2.05, 4.69) is 5.32 Å². The van der Waals surface area contributed by atoms with Gasteiger partial charge in [0.1, 0.15) is 0 Å². The predicted molar refractivity (Wildman–Crippen MR) is 107 cm³/mol. The van der Waals surface area contributed by atoms with Crippen molar-refractivity contribution in [1.29, 1.82) is 0 Å². The van der Waals surface area contributed by atoms with Crippen LogP contribution in [0.5, 0.6) is 0 Å². The molecule has 0 aromatic heterocycles. The number of rotatable bonds is 6. The van der Waals surface area contributed by atoms with Gasteiger partial charge in [-0.1, -0.05) is 18.5 Å². The first kappa shape index (κ1) is 20.5. The molecule has 0 radical (unpaired) electrons. The van der Waals surface area contributed by atoms with E-state index in [-0.39, 0.29) is 16.7 Å². The first-order valence-electron chi connectivity index (χ1n) is 9.10. The Bertz CT molecular complexity index is 987. The summed E-state index contributed by atoms with van der Waals surface area (Å²) in [5.74, 6) is -2.19. The first-order chi connectivity index (χ1) is 13.8. The molecule has 1 aliphatic heterocycles. The fourth-order valence-electron chi connectivity index (χ4n) is 2.87. The molecule has 1 heterocycles. The molecule has 1 atom stereocenters. The lowest BCUT2D eigenvalue weighted by Crippen LogP contribution is -2.36. The summed E-state index contributed by atoms with van der Waals surface area (Å²) < 4.78 is 5.17. The number of hydrogen-bond donors (Lipinski definition) is 1. The standard InChI is InChI=1S/C21H19ClN2O5/c1-3-10-23-18(25)12(2)29-21(28)13-4-9-16-17(11-13)20(27)24(19(16)26)15-7-5-14(22)6-8-15/h4-9,11-12H,3,10H2,1-2H3,(H,23,25)/t12-/m1/s1. The highest BCUT2D eigenvalue weighted by atomic mass is 35.5. The molecule has 1 N–H and O–H groups in total. The molecule has 0 aliphatic carbocycles. The van der Waals surface area contributed by atoms with Crippen LogP contribution in [0.1, 0.15) is 51.3 Å². The van der Waals surface area contributed by atoms with Gasteiger partial charge in [0.05, 0.1) is 22.4 Å². The predicted octanol–water partition coefficient (Wildman–Crippen LogP) is 3.21. The molecule has 0 spiro atoms. The van der Waals surface area contributed by atoms with Crippen molar-refractivity contribution in [2.24, 2.45) is 0 Å². The maximum absolute atomic E-state index is 12.8. The van der Waals surface area contributed by atoms with Crippen molar-refractivity contribution in [2.75, 3.05) is 11.4 Å². The van der Waals surface area contributed by atoms with Gasteiger partial charge >= 0.3 is 5.97 Å². The number of ether oxygens (including phenoxy) is 1. The smallest absolute Gasteiger partial charge is 0.338 e. The van der Waals surface area contributed by atoms with Crippen LogP contribution >= 0.6 is 11.6 Å². The molecule has 0 fully saturated rings. The van der Waals surface area contributed by atoms with Crippen LogP contribution in [0.15, 0.2) is 42.5 Å². The lowest BCUT2D eigenvalue weighted by Gasteiger charge is -2.13. The van der Waals surface area contributed by atoms with E-state index in [4.69, 9.17) is 16.3 Å². The van der Waals surface area contributed by atoms with Crippen LogP contribution in [0.2, 0.25) is 5.02 Å². The summed E-state index contributed by atoms with van der Waals surface area (Å²) in [7, 11) is 0. The van der Waals surface area contributed by atoms with Crippen molar-refractivity contribution in [3.05, 3.63) is 64.2 Å². The summed E-state index contributed by atoms with van der Waals surface area (Å²) in [6.07, 6.45) is -0.220. The minimum atomic E-state index is -0.981. The van der Waals surface area contributed by atoms with E-state index in [9.17, 15) is 19.2 Å². The first-order valence-corrected chi connectivity index (χ1v) is 9.48. The van der Waals surface area contributed by atoms with Gasteiger partial charge in [0.2, 0.25) is 0 Å². The summed E-state index contributed by atoms with van der Waals surface area (Å²) >= 11 is 5.86. The van der Waals surface area contributed by atoms with Crippen LogP contribution in [0, 0.1) is 0 Å². The number of carbonyl (C=O) groups excluding carboxylic acids is 4. The van der Waals surface area contributed by atoms with Gasteiger partial charge in [0, 0.05) is 11.6 Å². The molecule has 3 amide bonds. The van der Waals surface area contributed by atoms with E-state index < -0.39 is 29.8 Å². The number of nitrogens with zero attached hydrogens (tertiary/aromatic N) is 1. The Morgan fingerprint density at radius 1 is 1.07 bits per heavy atom. The van der Waals surface area contributed by atoms with E-state index in [0.717, 1.165) is 11.3 Å². The summed E-state index contributed by atoms with van der Waals surface area (Å²) in [6.45, 7) is 3.86. The lowest BCUT2D eigenvalue weighted by atomic mass is 10.1. The van der Waals surface area contributed by atoms with Gasteiger partial charge in [-0.05, 0) is 55.8 Å². The summed E-state index contributed by atoms with van der Waals surface area (Å²) in [5.41, 5.74) is 0.752. The Hall–Kier alpha value is -3.19. The summed E-state index contributed by atoms with van der Waals surface area (Å²) in [6, 6.07) is 10.4. The molecule has 1 aliphatic rings. The van der Waals surface area contributed by atoms with Gasteiger partial charge in [-0.15, -0.1) is 0 Å². The summed E-state index contributed by atoms with van der Waals surface area (Å²) in [4.78, 5) is 50.7. The van der Waals surface area contributed by atoms with Gasteiger partial charge in [0.15, 0.2) is 6.10 Å². The Morgan fingerprint density at radius 2 is 1.72 bits per heavy atom. The molecule has 2 aromatic carbocycles. The third-order valence-electron chi connectivity index (χ3n) is 4.41. The molecule has 8 heteroatoms. The number of nitrogens with one attached hydrogen (secondary N) is 1. The number of imide groups is 1. The van der Waals surface area contributed by atoms with Gasteiger partial charge in [0.25, 0.3) is 17.7 Å². The molecule has 0 saturated heterocycles. The highest BCUT2D eigenvalue weighted by Crippen LogP contribution is 2.30. The van der Waals surface area contributed by atoms with E-state index in [1.807, 2.05) is 6.92 Å². The number of benzene rings is 2. The van der Waals surface area contributed by atoms with Crippen molar-refractivity contribution in [3.63, 3.8) is 0 Å². The van der Waals surface area contributed by atoms with Crippen LogP contribution in [-0.2, 0) is 9.53 Å². The number of amides is 3. The van der Waals surface area contributed by atoms with Crippen LogP contribution < -0.4 is 10.2 Å². The largest absolute Gasteiger partial charge is 0.449 e. The van der Waals surface area contributed by atoms with Crippen molar-refractivity contribution in [2.45, 2.75) is 26.4 Å². The highest BCUT2D eigenvalue weighted by molar-refractivity contribution is 6.35. The topological polar surface area (TPSA) is 92.8 Å². The Balaban J connectivity index is 1.80. The summed E-state index contributed by atoms with van der Waals surface area (Å²) in [5, 5.41) is 3.12. The normalized spacial score (nSPS) is 13.8. The number of hydrogen-bond acceptors (Lipinski definition) is 5. The van der Waals surface area contributed by atoms with Gasteiger partial charge in [-0.25, -0.2) is 9.69 Å². The Labute approximate surface area is 172 Å². The Morgan fingerprint density at radius 3 is 2.38 bits per heavy atom. The maximum atomic E-state index is 12.8. The number of halogens is 1. The van der Waals surface area contributed by atoms with Gasteiger partial charge < -0.3 is 10.1 Å². The number of esters is 1. The minimum absolute atomic E-state index is 0.0815. The molecule has 150 valence electrons. The monoisotopic (exact) mass is 414 g/mol. The maximum Gasteiger partial charge on any atom is 0.338 e. The quantitative estimate of drug-likeness (QED) is 0.578. The zero-order valence-electron chi connectivity index (χ0n) is 15.9. The fourth-order valence-corrected chi connectivity index (χ4v) is 2.99. The lowest BCUT2D eigenvalue weighted by molar-refractivity contribution is -0.129. The third-order valence-corrected chi connectivity index (χ3v) is 4.66. The van der Waals surface area contributed by atoms with Crippen molar-refractivity contribution >= 4 is 41.0 Å². The number of anilines is 1. The van der Waals surface area contributed by atoms with Crippen molar-refractivity contribution in [1.82, 2.24) is 5.32 Å². The van der Waals surface area contributed by atoms with Gasteiger partial charge in [-0.3, -0.25) is 14.4 Å². The number of carbonyl (C=O) groups is 4. The van der Waals surface area contributed by atoms with Crippen molar-refractivity contribution in [3.8, 4) is 0 Å². The van der Waals surface area contributed by atoms with E-state index in [1.165, 1.54) is 25.1 Å². The molecular formula is C21H19ClN2O5. The van der Waals surface area contributed by atoms with Crippen LogP contribution in [-0.4, -0.2) is 36.3 Å². The average molecular weight is 415 g/mol. The molecule has 2 aromatic rings. The second-order valence-electron chi connectivity index (χ2n) is 6.52. The zero-order chi connectivity index (χ0) is 21.1. The molecular weight excluding hydrogens is 396 g/mol. The second-order valence-corrected chi connectivity index (χ2v) is 6.96. The molecule has 0 bridgehead atoms. The molecule has 0 unspecified atom stereocenters. The Kier molecular flexibility index (Phi) is 5.98. The minimum Gasteiger partial charge on any atom is -0.449 e. The third kappa shape index (κ3) is 4.14. The molecule has 29 heavy (non-hydrogen) atoms. The van der Waals surface area contributed by atoms with Gasteiger partial charge in [-0.2, -0.15) is 0 Å². The van der Waals surface area contributed by atoms with Crippen molar-refractivity contribution < 1.29 is 23.9 Å². The second kappa shape index (κ2) is 8.45. The van der Waals surface area contributed by atoms with Crippen LogP contribution in [0.3, 0.4) is 0 Å². The van der Waals surface area contributed by atoms with E-state index >= 15 is 0 Å².